The Balaban J connectivity index is 3.08. The summed E-state index contributed by atoms with van der Waals surface area (Å²) < 4.78 is 0. The zero-order valence-corrected chi connectivity index (χ0v) is 9.20. The molecule has 0 rings (SSSR count). The highest BCUT2D eigenvalue weighted by atomic mass is 32.1. The van der Waals surface area contributed by atoms with Crippen molar-refractivity contribution in [1.29, 1.82) is 0 Å². The maximum Gasteiger partial charge on any atom is 0.221 e. The summed E-state index contributed by atoms with van der Waals surface area (Å²) in [6.45, 7) is 1.55. The van der Waals surface area contributed by atoms with Gasteiger partial charge in [0.1, 0.15) is 0 Å². The van der Waals surface area contributed by atoms with Crippen molar-refractivity contribution in [3.63, 3.8) is 0 Å². The number of hydrogen-bond acceptors (Lipinski definition) is 3. The second-order valence-corrected chi connectivity index (χ2v) is 3.43. The molecule has 78 valence electrons. The summed E-state index contributed by atoms with van der Waals surface area (Å²) >= 11 is 4.11. The van der Waals surface area contributed by atoms with E-state index >= 15 is 0 Å². The first-order valence-corrected chi connectivity index (χ1v) is 5.46. The van der Waals surface area contributed by atoms with Crippen LogP contribution in [-0.2, 0) is 4.79 Å². The van der Waals surface area contributed by atoms with Crippen LogP contribution in [0.5, 0.6) is 0 Å². The van der Waals surface area contributed by atoms with Crippen molar-refractivity contribution in [2.45, 2.75) is 25.7 Å². The van der Waals surface area contributed by atoms with Gasteiger partial charge in [-0.25, -0.2) is 0 Å². The fraction of sp³-hybridized carbons (Fsp3) is 0.889. The van der Waals surface area contributed by atoms with Crippen LogP contribution in [0.3, 0.4) is 0 Å². The normalized spacial score (nSPS) is 10.0. The molecule has 0 fully saturated rings. The molecule has 1 amide bonds. The molecule has 4 heteroatoms. The molecule has 0 aliphatic carbocycles. The second kappa shape index (κ2) is 9.86. The Labute approximate surface area is 86.1 Å². The van der Waals surface area contributed by atoms with E-state index in [9.17, 15) is 4.79 Å². The zero-order chi connectivity index (χ0) is 9.94. The number of unbranched alkanes of at least 4 members (excludes halogenated alkanes) is 2. The molecule has 0 atom stereocenters. The van der Waals surface area contributed by atoms with Gasteiger partial charge in [0, 0.05) is 19.5 Å². The van der Waals surface area contributed by atoms with Gasteiger partial charge in [-0.1, -0.05) is 6.42 Å². The van der Waals surface area contributed by atoms with Crippen LogP contribution < -0.4 is 10.6 Å². The van der Waals surface area contributed by atoms with Crippen molar-refractivity contribution >= 4 is 18.5 Å². The van der Waals surface area contributed by atoms with E-state index in [2.05, 4.69) is 23.3 Å². The lowest BCUT2D eigenvalue weighted by Crippen LogP contribution is -2.27. The van der Waals surface area contributed by atoms with E-state index in [0.29, 0.717) is 6.42 Å². The Morgan fingerprint density at radius 1 is 1.23 bits per heavy atom. The van der Waals surface area contributed by atoms with E-state index in [1.807, 2.05) is 7.05 Å². The number of nitrogens with one attached hydrogen (secondary N) is 2. The molecule has 0 aromatic rings. The van der Waals surface area contributed by atoms with Gasteiger partial charge in [-0.15, -0.1) is 0 Å². The van der Waals surface area contributed by atoms with Gasteiger partial charge in [-0.2, -0.15) is 12.6 Å². The zero-order valence-electron chi connectivity index (χ0n) is 8.31. The summed E-state index contributed by atoms with van der Waals surface area (Å²) in [6, 6.07) is 0. The molecule has 0 aliphatic heterocycles. The highest BCUT2D eigenvalue weighted by Crippen LogP contribution is 1.95. The Bertz CT molecular complexity index is 131. The van der Waals surface area contributed by atoms with Gasteiger partial charge >= 0.3 is 0 Å². The van der Waals surface area contributed by atoms with E-state index in [4.69, 9.17) is 0 Å². The molecule has 0 aromatic heterocycles. The molecule has 0 radical (unpaired) electrons. The SMILES string of the molecule is CNCCC(=O)NCCCCCS. The smallest absolute Gasteiger partial charge is 0.221 e. The molecule has 0 saturated carbocycles. The van der Waals surface area contributed by atoms with Crippen LogP contribution in [0, 0.1) is 0 Å². The first kappa shape index (κ1) is 12.8. The minimum absolute atomic E-state index is 0.139. The minimum Gasteiger partial charge on any atom is -0.356 e. The maximum absolute atomic E-state index is 11.1. The van der Waals surface area contributed by atoms with Gasteiger partial charge in [0.2, 0.25) is 5.91 Å². The van der Waals surface area contributed by atoms with Crippen LogP contribution in [-0.4, -0.2) is 31.8 Å². The van der Waals surface area contributed by atoms with Crippen molar-refractivity contribution < 1.29 is 4.79 Å². The molecule has 0 spiro atoms. The summed E-state index contributed by atoms with van der Waals surface area (Å²) in [7, 11) is 1.85. The van der Waals surface area contributed by atoms with Crippen molar-refractivity contribution in [1.82, 2.24) is 10.6 Å². The van der Waals surface area contributed by atoms with E-state index in [1.54, 1.807) is 0 Å². The van der Waals surface area contributed by atoms with Crippen molar-refractivity contribution in [2.24, 2.45) is 0 Å². The van der Waals surface area contributed by atoms with Crippen LogP contribution in [0.15, 0.2) is 0 Å². The molecule has 3 nitrogen and oxygen atoms in total. The van der Waals surface area contributed by atoms with Crippen LogP contribution in [0.25, 0.3) is 0 Å². The Morgan fingerprint density at radius 2 is 2.00 bits per heavy atom. The van der Waals surface area contributed by atoms with Crippen molar-refractivity contribution in [2.75, 3.05) is 25.9 Å². The number of carbonyl (C=O) groups is 1. The monoisotopic (exact) mass is 204 g/mol. The summed E-state index contributed by atoms with van der Waals surface area (Å²) in [5.41, 5.74) is 0. The lowest BCUT2D eigenvalue weighted by atomic mass is 10.2. The Hall–Kier alpha value is -0.220. The predicted octanol–water partition coefficient (Wildman–Crippen LogP) is 0.812. The fourth-order valence-corrected chi connectivity index (χ4v) is 1.19. The number of rotatable bonds is 8. The van der Waals surface area contributed by atoms with Gasteiger partial charge in [0.25, 0.3) is 0 Å². The topological polar surface area (TPSA) is 41.1 Å². The fourth-order valence-electron chi connectivity index (χ4n) is 0.968. The average Bonchev–Trinajstić information content (AvgIpc) is 2.14. The number of thiol groups is 1. The summed E-state index contributed by atoms with van der Waals surface area (Å²) in [5, 5.41) is 5.81. The molecular weight excluding hydrogens is 184 g/mol. The van der Waals surface area contributed by atoms with Crippen molar-refractivity contribution in [3.8, 4) is 0 Å². The molecule has 13 heavy (non-hydrogen) atoms. The molecule has 0 bridgehead atoms. The number of amides is 1. The molecule has 0 unspecified atom stereocenters. The highest BCUT2D eigenvalue weighted by Gasteiger charge is 1.97. The van der Waals surface area contributed by atoms with E-state index in [-0.39, 0.29) is 5.91 Å². The average molecular weight is 204 g/mol. The quantitative estimate of drug-likeness (QED) is 0.404. The van der Waals surface area contributed by atoms with Crippen LogP contribution in [0.2, 0.25) is 0 Å². The predicted molar refractivity (Wildman–Crippen MR) is 59.3 cm³/mol. The first-order valence-electron chi connectivity index (χ1n) is 4.83. The summed E-state index contributed by atoms with van der Waals surface area (Å²) in [6.07, 6.45) is 3.92. The molecule has 2 N–H and O–H groups in total. The minimum atomic E-state index is 0.139. The lowest BCUT2D eigenvalue weighted by Gasteiger charge is -2.03. The molecule has 0 heterocycles. The van der Waals surface area contributed by atoms with Crippen LogP contribution >= 0.6 is 12.6 Å². The van der Waals surface area contributed by atoms with Gasteiger partial charge in [-0.3, -0.25) is 4.79 Å². The number of hydrogen-bond donors (Lipinski definition) is 3. The Kier molecular flexibility index (Phi) is 9.70. The molecule has 0 aromatic carbocycles. The van der Waals surface area contributed by atoms with Gasteiger partial charge < -0.3 is 10.6 Å². The highest BCUT2D eigenvalue weighted by molar-refractivity contribution is 7.80. The van der Waals surface area contributed by atoms with Crippen LogP contribution in [0.4, 0.5) is 0 Å². The molecule has 0 saturated heterocycles. The second-order valence-electron chi connectivity index (χ2n) is 2.99. The van der Waals surface area contributed by atoms with Gasteiger partial charge in [-0.05, 0) is 25.6 Å². The lowest BCUT2D eigenvalue weighted by molar-refractivity contribution is -0.120. The van der Waals surface area contributed by atoms with E-state index < -0.39 is 0 Å². The van der Waals surface area contributed by atoms with Gasteiger partial charge in [0.05, 0.1) is 0 Å². The standard InChI is InChI=1S/C9H20N2OS/c1-10-7-5-9(12)11-6-3-2-4-8-13/h10,13H,2-8H2,1H3,(H,11,12). The van der Waals surface area contributed by atoms with E-state index in [1.165, 1.54) is 0 Å². The third-order valence-electron chi connectivity index (χ3n) is 1.76. The Morgan fingerprint density at radius 3 is 2.62 bits per heavy atom. The largest absolute Gasteiger partial charge is 0.356 e. The first-order chi connectivity index (χ1) is 6.31. The molecular formula is C9H20N2OS. The van der Waals surface area contributed by atoms with Crippen LogP contribution in [0.1, 0.15) is 25.7 Å². The van der Waals surface area contributed by atoms with Crippen molar-refractivity contribution in [3.05, 3.63) is 0 Å². The third kappa shape index (κ3) is 9.70. The number of carbonyl (C=O) groups excluding carboxylic acids is 1. The third-order valence-corrected chi connectivity index (χ3v) is 2.08. The summed E-state index contributed by atoms with van der Waals surface area (Å²) in [4.78, 5) is 11.1. The van der Waals surface area contributed by atoms with Gasteiger partial charge in [0.15, 0.2) is 0 Å². The van der Waals surface area contributed by atoms with E-state index in [0.717, 1.165) is 38.1 Å². The maximum atomic E-state index is 11.1. The molecule has 0 aliphatic rings. The summed E-state index contributed by atoms with van der Waals surface area (Å²) in [5.74, 6) is 1.08.